The van der Waals surface area contributed by atoms with Crippen molar-refractivity contribution >= 4 is 53.3 Å². The smallest absolute Gasteiger partial charge is 0.235 e. The average Bonchev–Trinajstić information content (AvgIpc) is 3.03. The van der Waals surface area contributed by atoms with E-state index in [2.05, 4.69) is 5.32 Å². The summed E-state index contributed by atoms with van der Waals surface area (Å²) in [4.78, 5) is 15.5. The van der Waals surface area contributed by atoms with Gasteiger partial charge in [-0.05, 0) is 37.0 Å². The normalized spacial score (nSPS) is 24.8. The molecule has 1 unspecified atom stereocenters. The Morgan fingerprint density at radius 2 is 1.95 bits per heavy atom. The number of fused-ring (bicyclic) bond motifs is 1. The van der Waals surface area contributed by atoms with Crippen molar-refractivity contribution in [3.05, 3.63) is 28.2 Å². The molecule has 0 radical (unpaired) electrons. The maximum Gasteiger partial charge on any atom is 0.235 e. The average molecular weight is 382 g/mol. The summed E-state index contributed by atoms with van der Waals surface area (Å²) in [5.74, 6) is 1.45. The summed E-state index contributed by atoms with van der Waals surface area (Å²) in [5.41, 5.74) is 0. The Morgan fingerprint density at radius 3 is 2.59 bits per heavy atom. The second kappa shape index (κ2) is 7.63. The zero-order valence-electron chi connectivity index (χ0n) is 12.2. The Hall–Kier alpha value is -0.130. The van der Waals surface area contributed by atoms with Crippen molar-refractivity contribution in [2.45, 2.75) is 17.1 Å². The predicted molar refractivity (Wildman–Crippen MR) is 95.5 cm³/mol. The second-order valence-corrected chi connectivity index (χ2v) is 7.98. The van der Waals surface area contributed by atoms with Gasteiger partial charge in [-0.15, -0.1) is 24.2 Å². The second-order valence-electron chi connectivity index (χ2n) is 5.76. The Kier molecular flexibility index (Phi) is 6.31. The summed E-state index contributed by atoms with van der Waals surface area (Å²) in [6.07, 6.45) is 0. The van der Waals surface area contributed by atoms with E-state index < -0.39 is 0 Å². The number of benzene rings is 1. The molecule has 3 rings (SSSR count). The molecule has 0 saturated carbocycles. The van der Waals surface area contributed by atoms with Crippen molar-refractivity contribution in [1.29, 1.82) is 0 Å². The number of thioether (sulfide) groups is 1. The van der Waals surface area contributed by atoms with Gasteiger partial charge in [-0.1, -0.05) is 23.2 Å². The summed E-state index contributed by atoms with van der Waals surface area (Å²) in [6, 6.07) is 5.35. The van der Waals surface area contributed by atoms with E-state index in [4.69, 9.17) is 23.2 Å². The highest BCUT2D eigenvalue weighted by molar-refractivity contribution is 8.00. The third-order valence-electron chi connectivity index (χ3n) is 4.25. The van der Waals surface area contributed by atoms with Crippen molar-refractivity contribution in [2.75, 3.05) is 26.2 Å². The quantitative estimate of drug-likeness (QED) is 0.812. The van der Waals surface area contributed by atoms with Gasteiger partial charge < -0.3 is 10.2 Å². The van der Waals surface area contributed by atoms with Gasteiger partial charge in [-0.3, -0.25) is 4.79 Å². The van der Waals surface area contributed by atoms with Crippen LogP contribution in [0.3, 0.4) is 0 Å². The number of hydrogen-bond acceptors (Lipinski definition) is 3. The molecule has 3 nitrogen and oxygen atoms in total. The van der Waals surface area contributed by atoms with Crippen LogP contribution in [0, 0.1) is 11.8 Å². The van der Waals surface area contributed by atoms with Crippen LogP contribution in [0.1, 0.15) is 6.92 Å². The first-order valence-corrected chi connectivity index (χ1v) is 8.79. The molecule has 2 saturated heterocycles. The number of carbonyl (C=O) groups excluding carboxylic acids is 1. The molecule has 0 bridgehead atoms. The number of amides is 1. The highest BCUT2D eigenvalue weighted by atomic mass is 35.5. The molecular formula is C15H19Cl3N2OS. The lowest BCUT2D eigenvalue weighted by molar-refractivity contribution is -0.129. The van der Waals surface area contributed by atoms with Crippen molar-refractivity contribution < 1.29 is 4.79 Å². The van der Waals surface area contributed by atoms with Crippen LogP contribution in [-0.4, -0.2) is 42.2 Å². The molecule has 1 N–H and O–H groups in total. The lowest BCUT2D eigenvalue weighted by Gasteiger charge is -2.22. The molecule has 2 aliphatic heterocycles. The lowest BCUT2D eigenvalue weighted by Crippen LogP contribution is -2.36. The first-order chi connectivity index (χ1) is 10.0. The fourth-order valence-electron chi connectivity index (χ4n) is 3.10. The SMILES string of the molecule is CC(Sc1cc(Cl)ccc1Cl)C(=O)N1C[C@H]2CNC[C@H]2C1.Cl. The molecule has 0 aromatic heterocycles. The predicted octanol–water partition coefficient (Wildman–Crippen LogP) is 3.57. The number of hydrogen-bond donors (Lipinski definition) is 1. The van der Waals surface area contributed by atoms with Gasteiger partial charge in [0.1, 0.15) is 0 Å². The summed E-state index contributed by atoms with van der Waals surface area (Å²) in [7, 11) is 0. The first-order valence-electron chi connectivity index (χ1n) is 7.16. The fourth-order valence-corrected chi connectivity index (χ4v) is 4.60. The molecule has 0 spiro atoms. The Labute approximate surface area is 151 Å². The Bertz CT molecular complexity index is 546. The molecule has 1 amide bonds. The van der Waals surface area contributed by atoms with E-state index in [0.29, 0.717) is 21.9 Å². The van der Waals surface area contributed by atoms with E-state index in [1.54, 1.807) is 12.1 Å². The molecule has 3 atom stereocenters. The van der Waals surface area contributed by atoms with E-state index in [-0.39, 0.29) is 23.6 Å². The van der Waals surface area contributed by atoms with Crippen LogP contribution >= 0.6 is 47.4 Å². The monoisotopic (exact) mass is 380 g/mol. The topological polar surface area (TPSA) is 32.3 Å². The summed E-state index contributed by atoms with van der Waals surface area (Å²) >= 11 is 13.7. The fraction of sp³-hybridized carbons (Fsp3) is 0.533. The van der Waals surface area contributed by atoms with E-state index in [0.717, 1.165) is 31.1 Å². The minimum absolute atomic E-state index is 0. The number of nitrogens with one attached hydrogen (secondary N) is 1. The van der Waals surface area contributed by atoms with E-state index in [1.165, 1.54) is 11.8 Å². The minimum atomic E-state index is -0.146. The third-order valence-corrected chi connectivity index (χ3v) is 6.07. The number of nitrogens with zero attached hydrogens (tertiary/aromatic N) is 1. The van der Waals surface area contributed by atoms with Crippen LogP contribution in [0.2, 0.25) is 10.0 Å². The van der Waals surface area contributed by atoms with E-state index in [1.807, 2.05) is 17.9 Å². The third kappa shape index (κ3) is 3.85. The number of rotatable bonds is 3. The van der Waals surface area contributed by atoms with Gasteiger partial charge in [0, 0.05) is 36.1 Å². The molecule has 7 heteroatoms. The summed E-state index contributed by atoms with van der Waals surface area (Å²) in [5, 5.41) is 4.53. The van der Waals surface area contributed by atoms with Crippen LogP contribution in [-0.2, 0) is 4.79 Å². The molecule has 2 fully saturated rings. The van der Waals surface area contributed by atoms with E-state index >= 15 is 0 Å². The Balaban J connectivity index is 0.00000176. The van der Waals surface area contributed by atoms with Gasteiger partial charge in [0.25, 0.3) is 0 Å². The molecule has 1 aromatic rings. The molecule has 122 valence electrons. The maximum absolute atomic E-state index is 12.6. The van der Waals surface area contributed by atoms with Gasteiger partial charge in [-0.2, -0.15) is 0 Å². The van der Waals surface area contributed by atoms with Gasteiger partial charge in [0.15, 0.2) is 0 Å². The minimum Gasteiger partial charge on any atom is -0.341 e. The standard InChI is InChI=1S/C15H18Cl2N2OS.ClH/c1-9(21-14-4-12(16)2-3-13(14)17)15(20)19-7-10-5-18-6-11(10)8-19;/h2-4,9-11,18H,5-8H2,1H3;1H/t9?,10-,11+;. The van der Waals surface area contributed by atoms with Gasteiger partial charge >= 0.3 is 0 Å². The molecule has 2 heterocycles. The van der Waals surface area contributed by atoms with Gasteiger partial charge in [0.05, 0.1) is 10.3 Å². The zero-order valence-corrected chi connectivity index (χ0v) is 15.4. The van der Waals surface area contributed by atoms with Gasteiger partial charge in [-0.25, -0.2) is 0 Å². The highest BCUT2D eigenvalue weighted by Crippen LogP contribution is 2.34. The van der Waals surface area contributed by atoms with Crippen LogP contribution < -0.4 is 5.32 Å². The van der Waals surface area contributed by atoms with Crippen molar-refractivity contribution in [3.8, 4) is 0 Å². The molecular weight excluding hydrogens is 363 g/mol. The largest absolute Gasteiger partial charge is 0.341 e. The zero-order chi connectivity index (χ0) is 15.0. The van der Waals surface area contributed by atoms with Crippen molar-refractivity contribution in [1.82, 2.24) is 10.2 Å². The van der Waals surface area contributed by atoms with Crippen molar-refractivity contribution in [2.24, 2.45) is 11.8 Å². The molecule has 0 aliphatic carbocycles. The van der Waals surface area contributed by atoms with Crippen LogP contribution in [0.15, 0.2) is 23.1 Å². The number of carbonyl (C=O) groups is 1. The van der Waals surface area contributed by atoms with Gasteiger partial charge in [0.2, 0.25) is 5.91 Å². The van der Waals surface area contributed by atoms with Crippen LogP contribution in [0.25, 0.3) is 0 Å². The van der Waals surface area contributed by atoms with Crippen LogP contribution in [0.4, 0.5) is 0 Å². The molecule has 1 aromatic carbocycles. The summed E-state index contributed by atoms with van der Waals surface area (Å²) in [6.45, 7) is 5.78. The maximum atomic E-state index is 12.6. The highest BCUT2D eigenvalue weighted by Gasteiger charge is 2.39. The van der Waals surface area contributed by atoms with E-state index in [9.17, 15) is 4.79 Å². The number of likely N-dealkylation sites (tertiary alicyclic amines) is 1. The summed E-state index contributed by atoms with van der Waals surface area (Å²) < 4.78 is 0. The van der Waals surface area contributed by atoms with Crippen molar-refractivity contribution in [3.63, 3.8) is 0 Å². The van der Waals surface area contributed by atoms with Crippen LogP contribution in [0.5, 0.6) is 0 Å². The molecule has 2 aliphatic rings. The first kappa shape index (κ1) is 18.2. The lowest BCUT2D eigenvalue weighted by atomic mass is 10.0. The number of halogens is 3. The molecule has 22 heavy (non-hydrogen) atoms. The Morgan fingerprint density at radius 1 is 1.32 bits per heavy atom.